The third kappa shape index (κ3) is 2.25. The number of nitrogens with zero attached hydrogens (tertiary/aromatic N) is 2. The quantitative estimate of drug-likeness (QED) is 0.913. The van der Waals surface area contributed by atoms with Gasteiger partial charge < -0.3 is 10.1 Å². The monoisotopic (exact) mass is 253 g/mol. The summed E-state index contributed by atoms with van der Waals surface area (Å²) in [5.74, 6) is 0. The lowest BCUT2D eigenvalue weighted by atomic mass is 9.88. The molecule has 2 aromatic rings. The van der Waals surface area contributed by atoms with Crippen molar-refractivity contribution in [2.45, 2.75) is 6.92 Å². The number of hydrogen-bond acceptors (Lipinski definition) is 4. The van der Waals surface area contributed by atoms with Crippen molar-refractivity contribution in [3.05, 3.63) is 36.0 Å². The molecule has 0 unspecified atom stereocenters. The van der Waals surface area contributed by atoms with Crippen molar-refractivity contribution in [2.75, 3.05) is 25.1 Å². The Morgan fingerprint density at radius 2 is 2.21 bits per heavy atom. The van der Waals surface area contributed by atoms with Crippen LogP contribution in [-0.2, 0) is 4.74 Å². The molecule has 1 aromatic carbocycles. The van der Waals surface area contributed by atoms with Gasteiger partial charge in [-0.15, -0.1) is 0 Å². The summed E-state index contributed by atoms with van der Waals surface area (Å²) >= 11 is 0. The zero-order valence-electron chi connectivity index (χ0n) is 10.8. The van der Waals surface area contributed by atoms with E-state index >= 15 is 0 Å². The van der Waals surface area contributed by atoms with Crippen LogP contribution in [0.1, 0.15) is 12.6 Å². The molecule has 2 heterocycles. The first kappa shape index (κ1) is 11.9. The molecule has 1 aliphatic rings. The standard InChI is InChI=1S/C15H15N3O/c1-15(9-19-10-15)8-17-14-6-11(7-16)18-13-5-3-2-4-12(13)14/h2-6H,8-10H2,1H3,(H,17,18). The summed E-state index contributed by atoms with van der Waals surface area (Å²) in [7, 11) is 0. The molecule has 1 saturated heterocycles. The maximum absolute atomic E-state index is 9.05. The number of rotatable bonds is 3. The molecule has 19 heavy (non-hydrogen) atoms. The van der Waals surface area contributed by atoms with Crippen molar-refractivity contribution in [3.63, 3.8) is 0 Å². The van der Waals surface area contributed by atoms with E-state index in [1.807, 2.05) is 30.3 Å². The highest BCUT2D eigenvalue weighted by Crippen LogP contribution is 2.29. The molecule has 1 aliphatic heterocycles. The number of pyridine rings is 1. The smallest absolute Gasteiger partial charge is 0.143 e. The number of nitriles is 1. The first-order chi connectivity index (χ1) is 9.20. The Bertz CT molecular complexity index is 656. The number of anilines is 1. The molecular weight excluding hydrogens is 238 g/mol. The Labute approximate surface area is 112 Å². The van der Waals surface area contributed by atoms with Crippen LogP contribution in [0.2, 0.25) is 0 Å². The Morgan fingerprint density at radius 1 is 1.42 bits per heavy atom. The van der Waals surface area contributed by atoms with E-state index in [9.17, 15) is 0 Å². The number of nitrogens with one attached hydrogen (secondary N) is 1. The topological polar surface area (TPSA) is 57.9 Å². The third-order valence-corrected chi connectivity index (χ3v) is 3.44. The summed E-state index contributed by atoms with van der Waals surface area (Å²) in [6.07, 6.45) is 0. The Balaban J connectivity index is 1.94. The van der Waals surface area contributed by atoms with Gasteiger partial charge in [-0.3, -0.25) is 0 Å². The Morgan fingerprint density at radius 3 is 2.89 bits per heavy atom. The van der Waals surface area contributed by atoms with Gasteiger partial charge in [-0.05, 0) is 12.1 Å². The number of hydrogen-bond donors (Lipinski definition) is 1. The normalized spacial score (nSPS) is 16.6. The molecule has 0 amide bonds. The van der Waals surface area contributed by atoms with Crippen LogP contribution >= 0.6 is 0 Å². The summed E-state index contributed by atoms with van der Waals surface area (Å²) in [5.41, 5.74) is 2.45. The molecule has 0 bridgehead atoms. The van der Waals surface area contributed by atoms with Gasteiger partial charge in [0.1, 0.15) is 11.8 Å². The van der Waals surface area contributed by atoms with E-state index in [2.05, 4.69) is 23.3 Å². The van der Waals surface area contributed by atoms with E-state index in [1.165, 1.54) is 0 Å². The van der Waals surface area contributed by atoms with Crippen LogP contribution in [0.15, 0.2) is 30.3 Å². The second kappa shape index (κ2) is 4.52. The van der Waals surface area contributed by atoms with Crippen molar-refractivity contribution in [2.24, 2.45) is 5.41 Å². The molecule has 0 spiro atoms. The van der Waals surface area contributed by atoms with Crippen LogP contribution in [0.25, 0.3) is 10.9 Å². The maximum atomic E-state index is 9.05. The average Bonchev–Trinajstić information content (AvgIpc) is 2.42. The fourth-order valence-corrected chi connectivity index (χ4v) is 2.24. The zero-order chi connectivity index (χ0) is 13.3. The molecule has 0 aliphatic carbocycles. The van der Waals surface area contributed by atoms with Gasteiger partial charge >= 0.3 is 0 Å². The van der Waals surface area contributed by atoms with Crippen LogP contribution in [0.5, 0.6) is 0 Å². The van der Waals surface area contributed by atoms with Gasteiger partial charge in [0.05, 0.1) is 18.7 Å². The zero-order valence-corrected chi connectivity index (χ0v) is 10.8. The second-order valence-electron chi connectivity index (χ2n) is 5.34. The fraction of sp³-hybridized carbons (Fsp3) is 0.333. The predicted molar refractivity (Wildman–Crippen MR) is 73.9 cm³/mol. The van der Waals surface area contributed by atoms with Crippen molar-refractivity contribution in [1.82, 2.24) is 4.98 Å². The molecule has 3 rings (SSSR count). The van der Waals surface area contributed by atoms with E-state index in [-0.39, 0.29) is 5.41 Å². The molecular formula is C15H15N3O. The number of fused-ring (bicyclic) bond motifs is 1. The van der Waals surface area contributed by atoms with Gasteiger partial charge in [0.2, 0.25) is 0 Å². The van der Waals surface area contributed by atoms with E-state index in [4.69, 9.17) is 10.00 Å². The lowest BCUT2D eigenvalue weighted by Crippen LogP contribution is -2.45. The second-order valence-corrected chi connectivity index (χ2v) is 5.34. The minimum Gasteiger partial charge on any atom is -0.384 e. The van der Waals surface area contributed by atoms with Gasteiger partial charge in [0, 0.05) is 23.0 Å². The van der Waals surface area contributed by atoms with Crippen LogP contribution in [0, 0.1) is 16.7 Å². The van der Waals surface area contributed by atoms with Crippen molar-refractivity contribution >= 4 is 16.6 Å². The van der Waals surface area contributed by atoms with Crippen LogP contribution in [0.4, 0.5) is 5.69 Å². The fourth-order valence-electron chi connectivity index (χ4n) is 2.24. The highest BCUT2D eigenvalue weighted by atomic mass is 16.5. The maximum Gasteiger partial charge on any atom is 0.143 e. The third-order valence-electron chi connectivity index (χ3n) is 3.44. The van der Waals surface area contributed by atoms with Gasteiger partial charge in [0.15, 0.2) is 0 Å². The molecule has 1 aromatic heterocycles. The minimum atomic E-state index is 0.192. The number of ether oxygens (including phenoxy) is 1. The molecule has 1 fully saturated rings. The summed E-state index contributed by atoms with van der Waals surface area (Å²) in [6.45, 7) is 4.60. The first-order valence-electron chi connectivity index (χ1n) is 6.32. The van der Waals surface area contributed by atoms with Crippen LogP contribution in [0.3, 0.4) is 0 Å². The van der Waals surface area contributed by atoms with E-state index in [0.29, 0.717) is 5.69 Å². The molecule has 4 nitrogen and oxygen atoms in total. The number of para-hydroxylation sites is 1. The van der Waals surface area contributed by atoms with Gasteiger partial charge in [0.25, 0.3) is 0 Å². The molecule has 0 atom stereocenters. The average molecular weight is 253 g/mol. The first-order valence-corrected chi connectivity index (χ1v) is 6.32. The van der Waals surface area contributed by atoms with Crippen molar-refractivity contribution in [1.29, 1.82) is 5.26 Å². The van der Waals surface area contributed by atoms with Gasteiger partial charge in [-0.25, -0.2) is 4.98 Å². The van der Waals surface area contributed by atoms with Crippen molar-refractivity contribution in [3.8, 4) is 6.07 Å². The molecule has 1 N–H and O–H groups in total. The van der Waals surface area contributed by atoms with Crippen LogP contribution in [-0.4, -0.2) is 24.7 Å². The van der Waals surface area contributed by atoms with Gasteiger partial charge in [-0.1, -0.05) is 25.1 Å². The summed E-state index contributed by atoms with van der Waals surface area (Å²) in [5, 5.41) is 13.5. The minimum absolute atomic E-state index is 0.192. The lowest BCUT2D eigenvalue weighted by molar-refractivity contribution is -0.0924. The largest absolute Gasteiger partial charge is 0.384 e. The summed E-state index contributed by atoms with van der Waals surface area (Å²) in [4.78, 5) is 4.31. The molecule has 4 heteroatoms. The van der Waals surface area contributed by atoms with Crippen LogP contribution < -0.4 is 5.32 Å². The van der Waals surface area contributed by atoms with Crippen molar-refractivity contribution < 1.29 is 4.74 Å². The Kier molecular flexibility index (Phi) is 2.84. The molecule has 0 saturated carbocycles. The highest BCUT2D eigenvalue weighted by Gasteiger charge is 2.33. The molecule has 96 valence electrons. The number of benzene rings is 1. The van der Waals surface area contributed by atoms with E-state index in [0.717, 1.165) is 36.3 Å². The molecule has 0 radical (unpaired) electrons. The lowest BCUT2D eigenvalue weighted by Gasteiger charge is -2.38. The van der Waals surface area contributed by atoms with E-state index < -0.39 is 0 Å². The summed E-state index contributed by atoms with van der Waals surface area (Å²) in [6, 6.07) is 11.8. The Hall–Kier alpha value is -2.12. The predicted octanol–water partition coefficient (Wildman–Crippen LogP) is 2.55. The van der Waals surface area contributed by atoms with Gasteiger partial charge in [-0.2, -0.15) is 5.26 Å². The highest BCUT2D eigenvalue weighted by molar-refractivity contribution is 5.91. The SMILES string of the molecule is CC1(CNc2cc(C#N)nc3ccccc23)COC1. The number of aromatic nitrogens is 1. The van der Waals surface area contributed by atoms with E-state index in [1.54, 1.807) is 0 Å². The summed E-state index contributed by atoms with van der Waals surface area (Å²) < 4.78 is 5.25.